The molecule has 0 atom stereocenters. The van der Waals surface area contributed by atoms with E-state index in [-0.39, 0.29) is 0 Å². The molecule has 0 aromatic heterocycles. The molecule has 0 aromatic carbocycles. The molecule has 4 saturated carbocycles. The molecule has 4 aliphatic rings. The fraction of sp³-hybridized carbons (Fsp3) is 1.00. The molecule has 4 bridgehead atoms. The van der Waals surface area contributed by atoms with E-state index in [9.17, 15) is 0 Å². The van der Waals surface area contributed by atoms with Crippen LogP contribution < -0.4 is 0 Å². The van der Waals surface area contributed by atoms with Crippen molar-refractivity contribution in [2.24, 2.45) is 23.2 Å². The van der Waals surface area contributed by atoms with Crippen molar-refractivity contribution in [1.82, 2.24) is 0 Å². The highest BCUT2D eigenvalue weighted by molar-refractivity contribution is 5.01. The second-order valence-corrected chi connectivity index (χ2v) is 6.16. The molecule has 0 radical (unpaired) electrons. The molecule has 0 spiro atoms. The zero-order valence-corrected chi connectivity index (χ0v) is 9.30. The van der Waals surface area contributed by atoms with E-state index in [2.05, 4.69) is 0 Å². The molecule has 80 valence electrons. The van der Waals surface area contributed by atoms with Crippen LogP contribution in [0.1, 0.15) is 44.9 Å². The molecule has 0 aliphatic heterocycles. The quantitative estimate of drug-likeness (QED) is 0.670. The summed E-state index contributed by atoms with van der Waals surface area (Å²) in [5.41, 5.74) is 0.727. The van der Waals surface area contributed by atoms with E-state index in [0.717, 1.165) is 29.8 Å². The Kier molecular flexibility index (Phi) is 2.12. The first kappa shape index (κ1) is 9.21. The summed E-state index contributed by atoms with van der Waals surface area (Å²) in [5, 5.41) is 0. The van der Waals surface area contributed by atoms with E-state index < -0.39 is 0 Å². The Labute approximate surface area is 87.2 Å². The third-order valence-corrected chi connectivity index (χ3v) is 5.00. The molecule has 0 amide bonds. The van der Waals surface area contributed by atoms with Gasteiger partial charge in [0.25, 0.3) is 0 Å². The largest absolute Gasteiger partial charge is 0.385 e. The summed E-state index contributed by atoms with van der Waals surface area (Å²) in [6.45, 7) is 0.992. The van der Waals surface area contributed by atoms with Gasteiger partial charge in [0.05, 0.1) is 0 Å². The number of ether oxygens (including phenoxy) is 1. The van der Waals surface area contributed by atoms with Crippen molar-refractivity contribution in [3.63, 3.8) is 0 Å². The fourth-order valence-electron chi connectivity index (χ4n) is 4.91. The Morgan fingerprint density at radius 3 is 1.93 bits per heavy atom. The second kappa shape index (κ2) is 3.23. The first-order valence-corrected chi connectivity index (χ1v) is 6.29. The summed E-state index contributed by atoms with van der Waals surface area (Å²) in [6, 6.07) is 0. The van der Waals surface area contributed by atoms with Gasteiger partial charge in [-0.05, 0) is 68.1 Å². The lowest BCUT2D eigenvalue weighted by molar-refractivity contribution is -0.0661. The predicted molar refractivity (Wildman–Crippen MR) is 57.1 cm³/mol. The molecule has 0 saturated heterocycles. The Bertz CT molecular complexity index is 186. The predicted octanol–water partition coefficient (Wildman–Crippen LogP) is 3.24. The zero-order chi connectivity index (χ0) is 9.60. The van der Waals surface area contributed by atoms with Gasteiger partial charge in [0.15, 0.2) is 0 Å². The molecule has 0 heterocycles. The van der Waals surface area contributed by atoms with Crippen LogP contribution in [0.4, 0.5) is 0 Å². The molecule has 4 aliphatic carbocycles. The topological polar surface area (TPSA) is 9.23 Å². The first-order chi connectivity index (χ1) is 6.80. The minimum absolute atomic E-state index is 0.727. The van der Waals surface area contributed by atoms with Gasteiger partial charge in [0, 0.05) is 13.7 Å². The SMILES string of the molecule is COCCC12CC3CC(CC(C3)C1)C2. The number of hydrogen-bond acceptors (Lipinski definition) is 1. The Morgan fingerprint density at radius 1 is 1.00 bits per heavy atom. The molecule has 14 heavy (non-hydrogen) atoms. The maximum Gasteiger partial charge on any atom is 0.0467 e. The molecule has 0 N–H and O–H groups in total. The molecule has 0 unspecified atom stereocenters. The summed E-state index contributed by atoms with van der Waals surface area (Å²) < 4.78 is 5.28. The number of methoxy groups -OCH3 is 1. The van der Waals surface area contributed by atoms with E-state index in [1.54, 1.807) is 19.3 Å². The van der Waals surface area contributed by atoms with Crippen molar-refractivity contribution in [3.8, 4) is 0 Å². The summed E-state index contributed by atoms with van der Waals surface area (Å²) in [5.74, 6) is 3.29. The molecule has 1 nitrogen and oxygen atoms in total. The van der Waals surface area contributed by atoms with Crippen LogP contribution in [-0.4, -0.2) is 13.7 Å². The second-order valence-electron chi connectivity index (χ2n) is 6.16. The maximum atomic E-state index is 5.28. The van der Waals surface area contributed by atoms with Crippen molar-refractivity contribution < 1.29 is 4.74 Å². The van der Waals surface area contributed by atoms with Crippen molar-refractivity contribution in [2.45, 2.75) is 44.9 Å². The average Bonchev–Trinajstić information content (AvgIpc) is 2.12. The van der Waals surface area contributed by atoms with Gasteiger partial charge in [-0.2, -0.15) is 0 Å². The van der Waals surface area contributed by atoms with Gasteiger partial charge in [-0.15, -0.1) is 0 Å². The van der Waals surface area contributed by atoms with Crippen LogP contribution in [-0.2, 0) is 4.74 Å². The molecular weight excluding hydrogens is 172 g/mol. The first-order valence-electron chi connectivity index (χ1n) is 6.29. The van der Waals surface area contributed by atoms with E-state index in [0.29, 0.717) is 0 Å². The van der Waals surface area contributed by atoms with Gasteiger partial charge in [-0.25, -0.2) is 0 Å². The van der Waals surface area contributed by atoms with Crippen LogP contribution in [0.3, 0.4) is 0 Å². The third-order valence-electron chi connectivity index (χ3n) is 5.00. The monoisotopic (exact) mass is 194 g/mol. The van der Waals surface area contributed by atoms with E-state index in [4.69, 9.17) is 4.74 Å². The van der Waals surface area contributed by atoms with Gasteiger partial charge < -0.3 is 4.74 Å². The van der Waals surface area contributed by atoms with Crippen molar-refractivity contribution in [2.75, 3.05) is 13.7 Å². The van der Waals surface area contributed by atoms with Crippen LogP contribution in [0.15, 0.2) is 0 Å². The van der Waals surface area contributed by atoms with Gasteiger partial charge in [0.1, 0.15) is 0 Å². The van der Waals surface area contributed by atoms with Crippen LogP contribution in [0, 0.1) is 23.2 Å². The number of hydrogen-bond donors (Lipinski definition) is 0. The van der Waals surface area contributed by atoms with Crippen LogP contribution in [0.5, 0.6) is 0 Å². The molecule has 0 aromatic rings. The van der Waals surface area contributed by atoms with Crippen molar-refractivity contribution >= 4 is 0 Å². The fourth-order valence-corrected chi connectivity index (χ4v) is 4.91. The van der Waals surface area contributed by atoms with Crippen molar-refractivity contribution in [3.05, 3.63) is 0 Å². The van der Waals surface area contributed by atoms with Gasteiger partial charge >= 0.3 is 0 Å². The summed E-state index contributed by atoms with van der Waals surface area (Å²) in [4.78, 5) is 0. The molecular formula is C13H22O. The third kappa shape index (κ3) is 1.41. The highest BCUT2D eigenvalue weighted by Gasteiger charge is 2.50. The lowest BCUT2D eigenvalue weighted by atomic mass is 9.49. The maximum absolute atomic E-state index is 5.28. The Morgan fingerprint density at radius 2 is 1.50 bits per heavy atom. The lowest BCUT2D eigenvalue weighted by Gasteiger charge is -2.57. The standard InChI is InChI=1S/C13H22O/c1-14-3-2-13-7-10-4-11(8-13)6-12(5-10)9-13/h10-12H,2-9H2,1H3. The van der Waals surface area contributed by atoms with Crippen LogP contribution in [0.2, 0.25) is 0 Å². The van der Waals surface area contributed by atoms with Gasteiger partial charge in [0.2, 0.25) is 0 Å². The van der Waals surface area contributed by atoms with Gasteiger partial charge in [-0.3, -0.25) is 0 Å². The summed E-state index contributed by atoms with van der Waals surface area (Å²) >= 11 is 0. The van der Waals surface area contributed by atoms with E-state index >= 15 is 0 Å². The minimum Gasteiger partial charge on any atom is -0.385 e. The lowest BCUT2D eigenvalue weighted by Crippen LogP contribution is -2.46. The van der Waals surface area contributed by atoms with Gasteiger partial charge in [-0.1, -0.05) is 0 Å². The van der Waals surface area contributed by atoms with Crippen molar-refractivity contribution in [1.29, 1.82) is 0 Å². The van der Waals surface area contributed by atoms with E-state index in [1.807, 2.05) is 7.11 Å². The minimum atomic E-state index is 0.727. The normalized spacial score (nSPS) is 49.9. The average molecular weight is 194 g/mol. The Balaban J connectivity index is 1.74. The molecule has 4 fully saturated rings. The number of rotatable bonds is 3. The zero-order valence-electron chi connectivity index (χ0n) is 9.30. The van der Waals surface area contributed by atoms with Crippen LogP contribution in [0.25, 0.3) is 0 Å². The molecule has 1 heteroatoms. The summed E-state index contributed by atoms with van der Waals surface area (Å²) in [6.07, 6.45) is 10.6. The highest BCUT2D eigenvalue weighted by atomic mass is 16.5. The molecule has 4 rings (SSSR count). The smallest absolute Gasteiger partial charge is 0.0467 e. The summed E-state index contributed by atoms with van der Waals surface area (Å²) in [7, 11) is 1.85. The van der Waals surface area contributed by atoms with E-state index in [1.165, 1.54) is 25.7 Å². The highest BCUT2D eigenvalue weighted by Crippen LogP contribution is 2.61. The van der Waals surface area contributed by atoms with Crippen LogP contribution >= 0.6 is 0 Å². The Hall–Kier alpha value is -0.0400.